The molecule has 1 aliphatic rings. The van der Waals surface area contributed by atoms with Gasteiger partial charge in [-0.3, -0.25) is 14.2 Å². The number of halogens is 1. The number of amides is 1. The van der Waals surface area contributed by atoms with Gasteiger partial charge in [0.05, 0.1) is 0 Å². The minimum atomic E-state index is -0.273. The predicted molar refractivity (Wildman–Crippen MR) is 59.5 cm³/mol. The quantitative estimate of drug-likeness (QED) is 0.785. The minimum Gasteiger partial charge on any atom is -0.358 e. The number of nitrogens with zero attached hydrogens (tertiary/aromatic N) is 2. The van der Waals surface area contributed by atoms with E-state index >= 15 is 0 Å². The standard InChI is InChI=1S/C10H12ClN3O2/c1-12-8(15)5-14-9(16)4-7(11)13-10(14)6-2-3-6/h4,6H,2-3,5H2,1H3,(H,12,15). The summed E-state index contributed by atoms with van der Waals surface area (Å²) in [5, 5.41) is 2.68. The van der Waals surface area contributed by atoms with Gasteiger partial charge in [-0.15, -0.1) is 0 Å². The van der Waals surface area contributed by atoms with Crippen LogP contribution in [0.5, 0.6) is 0 Å². The van der Waals surface area contributed by atoms with Crippen molar-refractivity contribution in [1.82, 2.24) is 14.9 Å². The van der Waals surface area contributed by atoms with E-state index in [-0.39, 0.29) is 29.1 Å². The smallest absolute Gasteiger partial charge is 0.255 e. The molecule has 1 heterocycles. The molecule has 0 aliphatic heterocycles. The molecule has 0 atom stereocenters. The number of hydrogen-bond donors (Lipinski definition) is 1. The summed E-state index contributed by atoms with van der Waals surface area (Å²) >= 11 is 5.74. The molecule has 5 nitrogen and oxygen atoms in total. The van der Waals surface area contributed by atoms with Crippen molar-refractivity contribution in [2.75, 3.05) is 7.05 Å². The van der Waals surface area contributed by atoms with Crippen LogP contribution in [-0.2, 0) is 11.3 Å². The van der Waals surface area contributed by atoms with Crippen LogP contribution in [0.1, 0.15) is 24.6 Å². The van der Waals surface area contributed by atoms with Crippen molar-refractivity contribution >= 4 is 17.5 Å². The molecule has 0 unspecified atom stereocenters. The summed E-state index contributed by atoms with van der Waals surface area (Å²) in [6.45, 7) is 0.00529. The van der Waals surface area contributed by atoms with E-state index < -0.39 is 0 Å². The third-order valence-electron chi connectivity index (χ3n) is 2.53. The Hall–Kier alpha value is -1.36. The van der Waals surface area contributed by atoms with E-state index in [9.17, 15) is 9.59 Å². The molecule has 1 aromatic rings. The van der Waals surface area contributed by atoms with Gasteiger partial charge in [0.1, 0.15) is 17.5 Å². The molecule has 0 aromatic carbocycles. The molecule has 1 saturated carbocycles. The van der Waals surface area contributed by atoms with E-state index in [0.717, 1.165) is 12.8 Å². The number of likely N-dealkylation sites (N-methyl/N-ethyl adjacent to an activating group) is 1. The number of carbonyl (C=O) groups is 1. The lowest BCUT2D eigenvalue weighted by atomic mass is 10.3. The van der Waals surface area contributed by atoms with E-state index in [1.807, 2.05) is 0 Å². The molecular formula is C10H12ClN3O2. The first-order chi connectivity index (χ1) is 7.61. The van der Waals surface area contributed by atoms with Gasteiger partial charge >= 0.3 is 0 Å². The summed E-state index contributed by atoms with van der Waals surface area (Å²) in [5.74, 6) is 0.685. The molecule has 1 aliphatic carbocycles. The van der Waals surface area contributed by atoms with Crippen molar-refractivity contribution in [2.24, 2.45) is 0 Å². The van der Waals surface area contributed by atoms with Crippen LogP contribution in [0.15, 0.2) is 10.9 Å². The maximum Gasteiger partial charge on any atom is 0.255 e. The minimum absolute atomic E-state index is 0.00529. The first-order valence-corrected chi connectivity index (χ1v) is 5.47. The molecule has 0 radical (unpaired) electrons. The first kappa shape index (κ1) is 11.1. The van der Waals surface area contributed by atoms with Crippen molar-refractivity contribution in [3.05, 3.63) is 27.4 Å². The highest BCUT2D eigenvalue weighted by Crippen LogP contribution is 2.38. The number of hydrogen-bond acceptors (Lipinski definition) is 3. The highest BCUT2D eigenvalue weighted by molar-refractivity contribution is 6.29. The molecule has 16 heavy (non-hydrogen) atoms. The summed E-state index contributed by atoms with van der Waals surface area (Å²) in [6.07, 6.45) is 2.00. The fourth-order valence-corrected chi connectivity index (χ4v) is 1.71. The zero-order chi connectivity index (χ0) is 11.7. The van der Waals surface area contributed by atoms with Crippen LogP contribution in [0.4, 0.5) is 0 Å². The number of carbonyl (C=O) groups excluding carboxylic acids is 1. The van der Waals surface area contributed by atoms with Crippen molar-refractivity contribution in [2.45, 2.75) is 25.3 Å². The Bertz CT molecular complexity index is 479. The van der Waals surface area contributed by atoms with E-state index in [2.05, 4.69) is 10.3 Å². The van der Waals surface area contributed by atoms with Crippen LogP contribution in [0.3, 0.4) is 0 Å². The van der Waals surface area contributed by atoms with Gasteiger partial charge in [-0.1, -0.05) is 11.6 Å². The largest absolute Gasteiger partial charge is 0.358 e. The fourth-order valence-electron chi connectivity index (χ4n) is 1.53. The molecule has 1 N–H and O–H groups in total. The predicted octanol–water partition coefficient (Wildman–Crippen LogP) is 0.520. The lowest BCUT2D eigenvalue weighted by molar-refractivity contribution is -0.121. The van der Waals surface area contributed by atoms with Crippen LogP contribution in [0, 0.1) is 0 Å². The van der Waals surface area contributed by atoms with Gasteiger partial charge in [-0.2, -0.15) is 0 Å². The van der Waals surface area contributed by atoms with Crippen molar-refractivity contribution in [1.29, 1.82) is 0 Å². The maximum atomic E-state index is 11.7. The molecule has 1 amide bonds. The molecule has 2 rings (SSSR count). The second-order valence-corrected chi connectivity index (χ2v) is 4.20. The Morgan fingerprint density at radius 3 is 2.94 bits per heavy atom. The summed E-state index contributed by atoms with van der Waals surface area (Å²) in [5.41, 5.74) is -0.273. The van der Waals surface area contributed by atoms with E-state index in [0.29, 0.717) is 5.82 Å². The van der Waals surface area contributed by atoms with E-state index in [1.54, 1.807) is 0 Å². The highest BCUT2D eigenvalue weighted by atomic mass is 35.5. The average molecular weight is 242 g/mol. The van der Waals surface area contributed by atoms with Gasteiger partial charge < -0.3 is 5.32 Å². The molecule has 1 aromatic heterocycles. The van der Waals surface area contributed by atoms with Crippen LogP contribution in [0.2, 0.25) is 5.15 Å². The lowest BCUT2D eigenvalue weighted by Gasteiger charge is -2.10. The lowest BCUT2D eigenvalue weighted by Crippen LogP contribution is -2.32. The van der Waals surface area contributed by atoms with Gasteiger partial charge in [-0.05, 0) is 12.8 Å². The molecule has 86 valence electrons. The molecule has 0 saturated heterocycles. The maximum absolute atomic E-state index is 11.7. The van der Waals surface area contributed by atoms with Crippen molar-refractivity contribution < 1.29 is 4.79 Å². The molecule has 0 bridgehead atoms. The summed E-state index contributed by atoms with van der Waals surface area (Å²) < 4.78 is 1.39. The zero-order valence-electron chi connectivity index (χ0n) is 8.86. The SMILES string of the molecule is CNC(=O)Cn1c(C2CC2)nc(Cl)cc1=O. The summed E-state index contributed by atoms with van der Waals surface area (Å²) in [6, 6.07) is 1.23. The van der Waals surface area contributed by atoms with Crippen LogP contribution >= 0.6 is 11.6 Å². The first-order valence-electron chi connectivity index (χ1n) is 5.09. The number of rotatable bonds is 3. The average Bonchev–Trinajstić information content (AvgIpc) is 3.04. The van der Waals surface area contributed by atoms with Crippen LogP contribution < -0.4 is 10.9 Å². The van der Waals surface area contributed by atoms with Gasteiger partial charge in [0.25, 0.3) is 5.56 Å². The molecule has 0 spiro atoms. The Morgan fingerprint density at radius 1 is 1.69 bits per heavy atom. The Balaban J connectivity index is 2.41. The third-order valence-corrected chi connectivity index (χ3v) is 2.72. The Kier molecular flexibility index (Phi) is 2.96. The summed E-state index contributed by atoms with van der Waals surface area (Å²) in [4.78, 5) is 27.1. The topological polar surface area (TPSA) is 64.0 Å². The van der Waals surface area contributed by atoms with Gasteiger partial charge in [0.15, 0.2) is 0 Å². The second kappa shape index (κ2) is 4.25. The number of nitrogens with one attached hydrogen (secondary N) is 1. The van der Waals surface area contributed by atoms with Crippen molar-refractivity contribution in [3.63, 3.8) is 0 Å². The second-order valence-electron chi connectivity index (χ2n) is 3.81. The number of aromatic nitrogens is 2. The third kappa shape index (κ3) is 2.24. The van der Waals surface area contributed by atoms with Crippen LogP contribution in [-0.4, -0.2) is 22.5 Å². The Morgan fingerprint density at radius 2 is 2.38 bits per heavy atom. The highest BCUT2D eigenvalue weighted by Gasteiger charge is 2.29. The monoisotopic (exact) mass is 241 g/mol. The summed E-state index contributed by atoms with van der Waals surface area (Å²) in [7, 11) is 1.54. The normalized spacial score (nSPS) is 14.9. The van der Waals surface area contributed by atoms with Crippen LogP contribution in [0.25, 0.3) is 0 Å². The molecular weight excluding hydrogens is 230 g/mol. The molecule has 1 fully saturated rings. The van der Waals surface area contributed by atoms with Gasteiger partial charge in [0, 0.05) is 19.0 Å². The van der Waals surface area contributed by atoms with Crippen molar-refractivity contribution in [3.8, 4) is 0 Å². The Labute approximate surface area is 97.4 Å². The molecule has 6 heteroatoms. The van der Waals surface area contributed by atoms with Gasteiger partial charge in [0.2, 0.25) is 5.91 Å². The fraction of sp³-hybridized carbons (Fsp3) is 0.500. The zero-order valence-corrected chi connectivity index (χ0v) is 9.62. The van der Waals surface area contributed by atoms with E-state index in [4.69, 9.17) is 11.6 Å². The van der Waals surface area contributed by atoms with E-state index in [1.165, 1.54) is 17.7 Å². The van der Waals surface area contributed by atoms with Gasteiger partial charge in [-0.25, -0.2) is 4.98 Å².